The fourth-order valence-corrected chi connectivity index (χ4v) is 1.68. The van der Waals surface area contributed by atoms with Crippen molar-refractivity contribution in [3.05, 3.63) is 29.5 Å². The maximum Gasteiger partial charge on any atom is 0.0408 e. The molecule has 0 fully saturated rings. The Morgan fingerprint density at radius 1 is 0.933 bits per heavy atom. The Hall–Kier alpha value is -1.07. The van der Waals surface area contributed by atoms with Crippen molar-refractivity contribution < 1.29 is 0 Å². The van der Waals surface area contributed by atoms with Crippen LogP contribution in [0.1, 0.15) is 41.5 Å². The predicted molar refractivity (Wildman–Crippen MR) is 67.1 cm³/mol. The molecule has 0 N–H and O–H groups in total. The number of aliphatic imine (C=N–C) groups is 1. The van der Waals surface area contributed by atoms with Gasteiger partial charge < -0.3 is 0 Å². The quantitative estimate of drug-likeness (QED) is 0.561. The van der Waals surface area contributed by atoms with Crippen molar-refractivity contribution >= 4 is 5.87 Å². The highest BCUT2D eigenvalue weighted by atomic mass is 14.7. The maximum atomic E-state index is 4.16. The van der Waals surface area contributed by atoms with E-state index >= 15 is 0 Å². The number of allylic oxidation sites excluding steroid dienone is 4. The van der Waals surface area contributed by atoms with E-state index in [4.69, 9.17) is 0 Å². The summed E-state index contributed by atoms with van der Waals surface area (Å²) in [6, 6.07) is 0. The summed E-state index contributed by atoms with van der Waals surface area (Å²) in [6.45, 7) is 13.4. The van der Waals surface area contributed by atoms with Gasteiger partial charge in [-0.2, -0.15) is 0 Å². The van der Waals surface area contributed by atoms with Crippen molar-refractivity contribution in [2.45, 2.75) is 41.5 Å². The highest BCUT2D eigenvalue weighted by molar-refractivity contribution is 5.60. The summed E-state index contributed by atoms with van der Waals surface area (Å²) < 4.78 is 0. The fraction of sp³-hybridized carbons (Fsp3) is 0.571. The molecular weight excluding hydrogens is 182 g/mol. The first-order chi connectivity index (χ1) is 6.73. The summed E-state index contributed by atoms with van der Waals surface area (Å²) in [5.74, 6) is 2.90. The second kappa shape index (κ2) is 3.83. The van der Waals surface area contributed by atoms with Crippen molar-refractivity contribution in [1.29, 1.82) is 0 Å². The van der Waals surface area contributed by atoms with Crippen molar-refractivity contribution in [1.82, 2.24) is 0 Å². The van der Waals surface area contributed by atoms with Gasteiger partial charge in [0, 0.05) is 6.20 Å². The minimum atomic E-state index is 0.127. The van der Waals surface area contributed by atoms with Crippen LogP contribution in [0.2, 0.25) is 0 Å². The summed E-state index contributed by atoms with van der Waals surface area (Å²) in [5, 5.41) is 0. The number of hydrogen-bond donors (Lipinski definition) is 0. The van der Waals surface area contributed by atoms with Gasteiger partial charge in [-0.05, 0) is 40.0 Å². The number of rotatable bonds is 0. The first-order valence-electron chi connectivity index (χ1n) is 5.43. The first-order valence-corrected chi connectivity index (χ1v) is 5.43. The third-order valence-electron chi connectivity index (χ3n) is 2.50. The molecule has 1 nitrogen and oxygen atoms in total. The number of nitrogens with zero attached hydrogens (tertiary/aromatic N) is 1. The largest absolute Gasteiger partial charge is 0.214 e. The summed E-state index contributed by atoms with van der Waals surface area (Å²) in [4.78, 5) is 4.16. The van der Waals surface area contributed by atoms with Gasteiger partial charge in [0.1, 0.15) is 0 Å². The molecule has 1 heterocycles. The summed E-state index contributed by atoms with van der Waals surface area (Å²) in [6.07, 6.45) is 5.98. The highest BCUT2D eigenvalue weighted by Gasteiger charge is 2.28. The molecule has 0 bridgehead atoms. The van der Waals surface area contributed by atoms with Gasteiger partial charge in [0.05, 0.1) is 0 Å². The van der Waals surface area contributed by atoms with Gasteiger partial charge in [-0.25, -0.2) is 4.99 Å². The molecule has 0 saturated carbocycles. The molecule has 15 heavy (non-hydrogen) atoms. The van der Waals surface area contributed by atoms with Crippen LogP contribution in [0, 0.1) is 10.8 Å². The normalized spacial score (nSPS) is 17.2. The second-order valence-electron chi connectivity index (χ2n) is 6.05. The molecule has 0 unspecified atom stereocenters. The lowest BCUT2D eigenvalue weighted by molar-refractivity contribution is 0.445. The van der Waals surface area contributed by atoms with E-state index in [0.29, 0.717) is 0 Å². The fourth-order valence-electron chi connectivity index (χ4n) is 1.68. The molecule has 0 amide bonds. The molecule has 0 aromatic rings. The third kappa shape index (κ3) is 2.94. The van der Waals surface area contributed by atoms with Gasteiger partial charge in [-0.3, -0.25) is 0 Å². The molecule has 0 aromatic heterocycles. The average molecular weight is 203 g/mol. The summed E-state index contributed by atoms with van der Waals surface area (Å²) in [7, 11) is 0. The Morgan fingerprint density at radius 2 is 1.47 bits per heavy atom. The zero-order valence-electron chi connectivity index (χ0n) is 10.7. The van der Waals surface area contributed by atoms with Gasteiger partial charge in [-0.15, -0.1) is 0 Å². The molecule has 0 aliphatic carbocycles. The van der Waals surface area contributed by atoms with Crippen molar-refractivity contribution in [2.75, 3.05) is 0 Å². The van der Waals surface area contributed by atoms with Crippen molar-refractivity contribution in [3.63, 3.8) is 0 Å². The molecule has 1 heteroatoms. The van der Waals surface area contributed by atoms with Gasteiger partial charge in [0.25, 0.3) is 0 Å². The van der Waals surface area contributed by atoms with E-state index in [9.17, 15) is 0 Å². The summed E-state index contributed by atoms with van der Waals surface area (Å²) in [5.41, 5.74) is 2.93. The van der Waals surface area contributed by atoms with E-state index in [1.165, 1.54) is 11.1 Å². The van der Waals surface area contributed by atoms with Crippen LogP contribution in [-0.4, -0.2) is 5.87 Å². The zero-order chi connectivity index (χ0) is 11.7. The number of hydrogen-bond acceptors (Lipinski definition) is 1. The van der Waals surface area contributed by atoms with Gasteiger partial charge >= 0.3 is 0 Å². The van der Waals surface area contributed by atoms with Gasteiger partial charge in [0.15, 0.2) is 0 Å². The molecule has 0 radical (unpaired) electrons. The molecule has 0 spiro atoms. The van der Waals surface area contributed by atoms with Crippen LogP contribution in [0.4, 0.5) is 0 Å². The van der Waals surface area contributed by atoms with Crippen LogP contribution in [0.5, 0.6) is 0 Å². The van der Waals surface area contributed by atoms with E-state index in [1.54, 1.807) is 0 Å². The lowest BCUT2D eigenvalue weighted by atomic mass is 9.73. The molecule has 1 aliphatic rings. The zero-order valence-corrected chi connectivity index (χ0v) is 10.7. The molecular formula is C14H21N. The van der Waals surface area contributed by atoms with E-state index < -0.39 is 0 Å². The van der Waals surface area contributed by atoms with Crippen LogP contribution in [0.25, 0.3) is 0 Å². The molecule has 82 valence electrons. The van der Waals surface area contributed by atoms with Crippen LogP contribution in [0.15, 0.2) is 34.5 Å². The standard InChI is InChI=1S/C14H21N/c1-13(2,3)11-8-7-9-15-10-12(11)14(4,5)6/h7-8,10H,1-6H3. The smallest absolute Gasteiger partial charge is 0.0408 e. The Labute approximate surface area is 93.3 Å². The lowest BCUT2D eigenvalue weighted by Crippen LogP contribution is -2.20. The average Bonchev–Trinajstić information content (AvgIpc) is 2.24. The van der Waals surface area contributed by atoms with E-state index in [1.807, 2.05) is 12.3 Å². The Kier molecular flexibility index (Phi) is 3.06. The van der Waals surface area contributed by atoms with Gasteiger partial charge in [-0.1, -0.05) is 41.5 Å². The van der Waals surface area contributed by atoms with Crippen LogP contribution in [0.3, 0.4) is 0 Å². The first kappa shape index (κ1) is 12.0. The van der Waals surface area contributed by atoms with Crippen LogP contribution < -0.4 is 0 Å². The van der Waals surface area contributed by atoms with Crippen LogP contribution >= 0.6 is 0 Å². The maximum absolute atomic E-state index is 4.16. The highest BCUT2D eigenvalue weighted by Crippen LogP contribution is 2.40. The minimum Gasteiger partial charge on any atom is -0.214 e. The molecule has 0 atom stereocenters. The van der Waals surface area contributed by atoms with Crippen molar-refractivity contribution in [2.24, 2.45) is 15.8 Å². The molecule has 1 aliphatic heterocycles. The van der Waals surface area contributed by atoms with E-state index in [0.717, 1.165) is 0 Å². The Balaban J connectivity index is 3.25. The van der Waals surface area contributed by atoms with Gasteiger partial charge in [0.2, 0.25) is 0 Å². The van der Waals surface area contributed by atoms with Crippen LogP contribution in [-0.2, 0) is 0 Å². The minimum absolute atomic E-state index is 0.127. The topological polar surface area (TPSA) is 12.4 Å². The monoisotopic (exact) mass is 203 g/mol. The SMILES string of the molecule is CC(C)(C)C1=CC=C=NC=C1C(C)(C)C. The molecule has 1 rings (SSSR count). The third-order valence-corrected chi connectivity index (χ3v) is 2.50. The summed E-state index contributed by atoms with van der Waals surface area (Å²) >= 11 is 0. The van der Waals surface area contributed by atoms with E-state index in [-0.39, 0.29) is 10.8 Å². The molecule has 0 saturated heterocycles. The van der Waals surface area contributed by atoms with E-state index in [2.05, 4.69) is 58.5 Å². The molecule has 0 aromatic carbocycles. The Bertz CT molecular complexity index is 327. The second-order valence-corrected chi connectivity index (χ2v) is 6.05. The van der Waals surface area contributed by atoms with Crippen molar-refractivity contribution in [3.8, 4) is 0 Å². The predicted octanol–water partition coefficient (Wildman–Crippen LogP) is 4.13. The lowest BCUT2D eigenvalue weighted by Gasteiger charge is -2.32. The Morgan fingerprint density at radius 3 is 1.93 bits per heavy atom.